The van der Waals surface area contributed by atoms with Gasteiger partial charge in [-0.15, -0.1) is 0 Å². The SMILES string of the molecule is C1=CC=NN(c2ccc(-c3ccc4cc3C3CCCCCN43)cc2)C=C1. The third-order valence-electron chi connectivity index (χ3n) is 5.65. The predicted molar refractivity (Wildman–Crippen MR) is 110 cm³/mol. The molecule has 0 aromatic heterocycles. The Bertz CT molecular complexity index is 876. The van der Waals surface area contributed by atoms with E-state index in [4.69, 9.17) is 0 Å². The van der Waals surface area contributed by atoms with Gasteiger partial charge in [-0.25, -0.2) is 5.01 Å². The first-order valence-electron chi connectivity index (χ1n) is 9.58. The van der Waals surface area contributed by atoms with E-state index < -0.39 is 0 Å². The number of allylic oxidation sites excluding steroid dienone is 3. The van der Waals surface area contributed by atoms with Crippen LogP contribution in [0.3, 0.4) is 0 Å². The third-order valence-corrected chi connectivity index (χ3v) is 5.65. The molecule has 0 aliphatic carbocycles. The molecule has 2 aromatic rings. The first kappa shape index (κ1) is 15.4. The van der Waals surface area contributed by atoms with E-state index in [1.54, 1.807) is 0 Å². The number of benzene rings is 2. The standard InChI is InChI=1S/C23H23N3/c1-3-7-23-22-17-20(25(23)15-5-1)12-13-21(22)18-8-10-19(11-9-18)26-16-6-2-4-14-24-26/h2,4,6,8-14,16-17,23H,1,3,5,7,15H2. The van der Waals surface area contributed by atoms with Crippen molar-refractivity contribution in [3.63, 3.8) is 0 Å². The largest absolute Gasteiger partial charge is 0.364 e. The van der Waals surface area contributed by atoms with Gasteiger partial charge in [0.05, 0.1) is 11.7 Å². The van der Waals surface area contributed by atoms with Crippen molar-refractivity contribution >= 4 is 17.6 Å². The van der Waals surface area contributed by atoms with Crippen LogP contribution in [0.1, 0.15) is 37.3 Å². The second-order valence-electron chi connectivity index (χ2n) is 7.21. The van der Waals surface area contributed by atoms with Crippen LogP contribution in [0.15, 0.2) is 72.0 Å². The van der Waals surface area contributed by atoms with E-state index in [2.05, 4.69) is 52.5 Å². The van der Waals surface area contributed by atoms with E-state index >= 15 is 0 Å². The number of rotatable bonds is 2. The van der Waals surface area contributed by atoms with E-state index in [1.807, 2.05) is 35.7 Å². The minimum atomic E-state index is 0.571. The van der Waals surface area contributed by atoms with E-state index in [9.17, 15) is 0 Å². The first-order chi connectivity index (χ1) is 12.9. The molecule has 130 valence electrons. The van der Waals surface area contributed by atoms with Gasteiger partial charge < -0.3 is 4.90 Å². The maximum absolute atomic E-state index is 4.43. The molecule has 1 unspecified atom stereocenters. The van der Waals surface area contributed by atoms with Gasteiger partial charge in [0.2, 0.25) is 0 Å². The maximum atomic E-state index is 4.43. The summed E-state index contributed by atoms with van der Waals surface area (Å²) in [5.74, 6) is 0. The average molecular weight is 341 g/mol. The van der Waals surface area contributed by atoms with Gasteiger partial charge in [-0.05, 0) is 65.9 Å². The first-order valence-corrected chi connectivity index (χ1v) is 9.58. The molecule has 3 aliphatic rings. The van der Waals surface area contributed by atoms with Gasteiger partial charge in [0, 0.05) is 24.6 Å². The Kier molecular flexibility index (Phi) is 3.85. The summed E-state index contributed by atoms with van der Waals surface area (Å²) >= 11 is 0. The van der Waals surface area contributed by atoms with Crippen LogP contribution in [0.4, 0.5) is 11.4 Å². The Morgan fingerprint density at radius 3 is 2.65 bits per heavy atom. The molecule has 1 atom stereocenters. The second kappa shape index (κ2) is 6.49. The van der Waals surface area contributed by atoms with E-state index in [0.717, 1.165) is 5.69 Å². The lowest BCUT2D eigenvalue weighted by atomic mass is 9.94. The lowest BCUT2D eigenvalue weighted by Gasteiger charge is -2.25. The highest BCUT2D eigenvalue weighted by Crippen LogP contribution is 2.45. The fourth-order valence-electron chi connectivity index (χ4n) is 4.35. The zero-order valence-electron chi connectivity index (χ0n) is 14.9. The molecule has 2 bridgehead atoms. The van der Waals surface area contributed by atoms with Gasteiger partial charge in [0.25, 0.3) is 0 Å². The van der Waals surface area contributed by atoms with Crippen molar-refractivity contribution in [1.82, 2.24) is 0 Å². The quantitative estimate of drug-likeness (QED) is 0.701. The molecule has 0 amide bonds. The Morgan fingerprint density at radius 2 is 1.73 bits per heavy atom. The van der Waals surface area contributed by atoms with Crippen LogP contribution in [-0.4, -0.2) is 12.8 Å². The molecule has 5 rings (SSSR count). The van der Waals surface area contributed by atoms with Crippen LogP contribution in [0.2, 0.25) is 0 Å². The zero-order chi connectivity index (χ0) is 17.3. The smallest absolute Gasteiger partial charge is 0.0645 e. The Morgan fingerprint density at radius 1 is 0.846 bits per heavy atom. The Hall–Kier alpha value is -2.81. The molecule has 2 aromatic carbocycles. The molecular formula is C23H23N3. The summed E-state index contributed by atoms with van der Waals surface area (Å²) in [7, 11) is 0. The fourth-order valence-corrected chi connectivity index (χ4v) is 4.35. The second-order valence-corrected chi connectivity index (χ2v) is 7.21. The van der Waals surface area contributed by atoms with E-state index in [-0.39, 0.29) is 0 Å². The summed E-state index contributed by atoms with van der Waals surface area (Å²) in [6, 6.07) is 16.3. The van der Waals surface area contributed by atoms with Crippen LogP contribution in [0.5, 0.6) is 0 Å². The number of anilines is 2. The van der Waals surface area contributed by atoms with Crippen molar-refractivity contribution in [1.29, 1.82) is 0 Å². The lowest BCUT2D eigenvalue weighted by Crippen LogP contribution is -2.23. The van der Waals surface area contributed by atoms with Crippen LogP contribution in [0, 0.1) is 0 Å². The molecule has 0 N–H and O–H groups in total. The minimum Gasteiger partial charge on any atom is -0.364 e. The summed E-state index contributed by atoms with van der Waals surface area (Å²) < 4.78 is 0. The summed E-state index contributed by atoms with van der Waals surface area (Å²) in [4.78, 5) is 2.62. The summed E-state index contributed by atoms with van der Waals surface area (Å²) in [6.07, 6.45) is 15.0. The maximum Gasteiger partial charge on any atom is 0.0645 e. The molecule has 3 heterocycles. The highest BCUT2D eigenvalue weighted by Gasteiger charge is 2.31. The van der Waals surface area contributed by atoms with E-state index in [0.29, 0.717) is 6.04 Å². The van der Waals surface area contributed by atoms with E-state index in [1.165, 1.54) is 54.6 Å². The van der Waals surface area contributed by atoms with Gasteiger partial charge in [-0.2, -0.15) is 5.10 Å². The number of hydrogen-bond acceptors (Lipinski definition) is 3. The van der Waals surface area contributed by atoms with Crippen LogP contribution in [-0.2, 0) is 0 Å². The molecular weight excluding hydrogens is 318 g/mol. The molecule has 1 fully saturated rings. The van der Waals surface area contributed by atoms with Crippen molar-refractivity contribution < 1.29 is 0 Å². The summed E-state index contributed by atoms with van der Waals surface area (Å²) in [6.45, 7) is 1.20. The number of fused-ring (bicyclic) bond motifs is 5. The van der Waals surface area contributed by atoms with Crippen molar-refractivity contribution in [3.8, 4) is 11.1 Å². The zero-order valence-corrected chi connectivity index (χ0v) is 14.9. The molecule has 0 saturated carbocycles. The topological polar surface area (TPSA) is 18.8 Å². The highest BCUT2D eigenvalue weighted by molar-refractivity contribution is 5.77. The highest BCUT2D eigenvalue weighted by atomic mass is 15.4. The van der Waals surface area contributed by atoms with Crippen molar-refractivity contribution in [2.75, 3.05) is 16.5 Å². The molecule has 3 nitrogen and oxygen atoms in total. The molecule has 0 spiro atoms. The predicted octanol–water partition coefficient (Wildman–Crippen LogP) is 5.66. The number of hydrazone groups is 1. The van der Waals surface area contributed by atoms with Crippen molar-refractivity contribution in [3.05, 3.63) is 72.5 Å². The average Bonchev–Trinajstić information content (AvgIpc) is 2.99. The molecule has 3 aliphatic heterocycles. The summed E-state index contributed by atoms with van der Waals surface area (Å²) in [5, 5.41) is 6.33. The Labute approximate surface area is 154 Å². The molecule has 0 radical (unpaired) electrons. The van der Waals surface area contributed by atoms with Crippen molar-refractivity contribution in [2.45, 2.75) is 31.7 Å². The normalized spacial score (nSPS) is 20.8. The Balaban J connectivity index is 1.46. The van der Waals surface area contributed by atoms with Gasteiger partial charge in [-0.3, -0.25) is 0 Å². The van der Waals surface area contributed by atoms with Gasteiger partial charge in [-0.1, -0.05) is 37.1 Å². The monoisotopic (exact) mass is 341 g/mol. The van der Waals surface area contributed by atoms with Crippen LogP contribution in [0.25, 0.3) is 11.1 Å². The van der Waals surface area contributed by atoms with Crippen LogP contribution >= 0.6 is 0 Å². The minimum absolute atomic E-state index is 0.571. The molecule has 1 saturated heterocycles. The number of nitrogens with zero attached hydrogens (tertiary/aromatic N) is 3. The van der Waals surface area contributed by atoms with Gasteiger partial charge in [0.1, 0.15) is 0 Å². The number of hydrogen-bond donors (Lipinski definition) is 0. The summed E-state index contributed by atoms with van der Waals surface area (Å²) in [5.41, 5.74) is 6.67. The van der Waals surface area contributed by atoms with Gasteiger partial charge in [0.15, 0.2) is 0 Å². The molecule has 3 heteroatoms. The fraction of sp³-hybridized carbons (Fsp3) is 0.261. The lowest BCUT2D eigenvalue weighted by molar-refractivity contribution is 0.620. The van der Waals surface area contributed by atoms with Crippen LogP contribution < -0.4 is 9.91 Å². The molecule has 26 heavy (non-hydrogen) atoms. The third kappa shape index (κ3) is 2.64. The van der Waals surface area contributed by atoms with Crippen molar-refractivity contribution in [2.24, 2.45) is 5.10 Å². The van der Waals surface area contributed by atoms with Gasteiger partial charge >= 0.3 is 0 Å².